The van der Waals surface area contributed by atoms with Crippen LogP contribution < -0.4 is 5.32 Å². The summed E-state index contributed by atoms with van der Waals surface area (Å²) >= 11 is 0. The Hall–Kier alpha value is -0.570. The van der Waals surface area contributed by atoms with E-state index < -0.39 is 0 Å². The van der Waals surface area contributed by atoms with Crippen LogP contribution in [0.1, 0.15) is 65.2 Å². The number of carbonyl (C=O) groups is 1. The van der Waals surface area contributed by atoms with Gasteiger partial charge in [-0.15, -0.1) is 0 Å². The second-order valence-electron chi connectivity index (χ2n) is 6.81. The summed E-state index contributed by atoms with van der Waals surface area (Å²) in [7, 11) is 0. The van der Waals surface area contributed by atoms with Gasteiger partial charge in [-0.2, -0.15) is 0 Å². The van der Waals surface area contributed by atoms with Crippen molar-refractivity contribution in [1.82, 2.24) is 5.32 Å². The van der Waals surface area contributed by atoms with Gasteiger partial charge in [-0.25, -0.2) is 0 Å². The Balaban J connectivity index is 1.80. The van der Waals surface area contributed by atoms with Crippen molar-refractivity contribution in [3.05, 3.63) is 0 Å². The van der Waals surface area contributed by atoms with Gasteiger partial charge in [0, 0.05) is 12.0 Å². The Morgan fingerprint density at radius 3 is 2.53 bits per heavy atom. The van der Waals surface area contributed by atoms with E-state index in [-0.39, 0.29) is 24.0 Å². The van der Waals surface area contributed by atoms with E-state index >= 15 is 0 Å². The Bertz CT molecular complexity index is 303. The van der Waals surface area contributed by atoms with Gasteiger partial charge in [-0.05, 0) is 51.4 Å². The lowest BCUT2D eigenvalue weighted by atomic mass is 9.67. The van der Waals surface area contributed by atoms with Crippen LogP contribution in [0.15, 0.2) is 0 Å². The van der Waals surface area contributed by atoms with E-state index in [4.69, 9.17) is 0 Å². The molecule has 3 nitrogen and oxygen atoms in total. The molecule has 0 aliphatic heterocycles. The number of hydrogen-bond donors (Lipinski definition) is 2. The smallest absolute Gasteiger partial charge is 0.223 e. The molecule has 2 aliphatic carbocycles. The maximum Gasteiger partial charge on any atom is 0.223 e. The first-order valence-electron chi connectivity index (χ1n) is 8.04. The zero-order valence-electron chi connectivity index (χ0n) is 12.4. The molecule has 0 aromatic rings. The highest BCUT2D eigenvalue weighted by Crippen LogP contribution is 2.42. The minimum absolute atomic E-state index is 0.0802. The van der Waals surface area contributed by atoms with E-state index in [2.05, 4.69) is 5.32 Å². The molecule has 1 amide bonds. The van der Waals surface area contributed by atoms with Crippen molar-refractivity contribution in [3.8, 4) is 0 Å². The lowest BCUT2D eigenvalue weighted by molar-refractivity contribution is -0.128. The first-order valence-corrected chi connectivity index (χ1v) is 8.04. The van der Waals surface area contributed by atoms with Crippen molar-refractivity contribution in [2.75, 3.05) is 0 Å². The molecule has 110 valence electrons. The third-order valence-electron chi connectivity index (χ3n) is 4.99. The predicted molar refractivity (Wildman–Crippen MR) is 76.7 cm³/mol. The zero-order valence-corrected chi connectivity index (χ0v) is 12.4. The van der Waals surface area contributed by atoms with Gasteiger partial charge in [0.05, 0.1) is 6.10 Å². The third kappa shape index (κ3) is 4.20. The molecule has 0 spiro atoms. The fourth-order valence-corrected chi connectivity index (χ4v) is 4.04. The van der Waals surface area contributed by atoms with E-state index in [9.17, 15) is 9.90 Å². The van der Waals surface area contributed by atoms with E-state index in [1.165, 1.54) is 32.1 Å². The molecular weight excluding hydrogens is 238 g/mol. The first-order chi connectivity index (χ1) is 9.06. The van der Waals surface area contributed by atoms with Crippen LogP contribution in [0.4, 0.5) is 0 Å². The number of aliphatic hydroxyl groups excluding tert-OH is 1. The van der Waals surface area contributed by atoms with Crippen LogP contribution in [-0.4, -0.2) is 23.2 Å². The molecule has 0 radical (unpaired) electrons. The Kier molecular flexibility index (Phi) is 5.26. The molecule has 5 atom stereocenters. The molecule has 0 heterocycles. The molecule has 5 unspecified atom stereocenters. The maximum absolute atomic E-state index is 12.3. The summed E-state index contributed by atoms with van der Waals surface area (Å²) in [6.07, 6.45) is 9.17. The molecule has 0 aromatic carbocycles. The minimum atomic E-state index is -0.343. The van der Waals surface area contributed by atoms with E-state index in [1.54, 1.807) is 6.92 Å². The van der Waals surface area contributed by atoms with Crippen LogP contribution in [0.2, 0.25) is 0 Å². The van der Waals surface area contributed by atoms with E-state index in [0.717, 1.165) is 24.7 Å². The van der Waals surface area contributed by atoms with Crippen LogP contribution in [0.3, 0.4) is 0 Å². The second kappa shape index (κ2) is 6.74. The molecule has 3 heteroatoms. The van der Waals surface area contributed by atoms with Gasteiger partial charge >= 0.3 is 0 Å². The molecule has 0 aromatic heterocycles. The summed E-state index contributed by atoms with van der Waals surface area (Å²) in [5, 5.41) is 12.4. The molecule has 2 saturated carbocycles. The van der Waals surface area contributed by atoms with Crippen LogP contribution in [0, 0.1) is 17.8 Å². The van der Waals surface area contributed by atoms with Crippen molar-refractivity contribution in [2.24, 2.45) is 17.8 Å². The SMILES string of the molecule is CC(O)CC(C)NC(=O)C1CCC2CCCCC2C1. The highest BCUT2D eigenvalue weighted by molar-refractivity contribution is 5.79. The fourth-order valence-electron chi connectivity index (χ4n) is 4.04. The van der Waals surface area contributed by atoms with Gasteiger partial charge in [-0.3, -0.25) is 4.79 Å². The fraction of sp³-hybridized carbons (Fsp3) is 0.938. The van der Waals surface area contributed by atoms with Crippen LogP contribution >= 0.6 is 0 Å². The van der Waals surface area contributed by atoms with Gasteiger partial charge in [0.1, 0.15) is 0 Å². The molecule has 0 bridgehead atoms. The Morgan fingerprint density at radius 1 is 1.16 bits per heavy atom. The summed E-state index contributed by atoms with van der Waals surface area (Å²) < 4.78 is 0. The predicted octanol–water partition coefficient (Wildman–Crippen LogP) is 2.87. The van der Waals surface area contributed by atoms with Crippen molar-refractivity contribution in [1.29, 1.82) is 0 Å². The minimum Gasteiger partial charge on any atom is -0.393 e. The normalized spacial score (nSPS) is 34.2. The topological polar surface area (TPSA) is 49.3 Å². The summed E-state index contributed by atoms with van der Waals surface area (Å²) in [5.74, 6) is 2.13. The van der Waals surface area contributed by atoms with Crippen LogP contribution in [0.25, 0.3) is 0 Å². The molecule has 2 rings (SSSR count). The van der Waals surface area contributed by atoms with Gasteiger partial charge in [0.25, 0.3) is 0 Å². The molecule has 19 heavy (non-hydrogen) atoms. The maximum atomic E-state index is 12.3. The number of amides is 1. The molecule has 2 fully saturated rings. The quantitative estimate of drug-likeness (QED) is 0.823. The number of fused-ring (bicyclic) bond motifs is 1. The number of rotatable bonds is 4. The summed E-state index contributed by atoms with van der Waals surface area (Å²) in [6.45, 7) is 3.76. The van der Waals surface area contributed by atoms with Crippen molar-refractivity contribution in [3.63, 3.8) is 0 Å². The van der Waals surface area contributed by atoms with Crippen LogP contribution in [-0.2, 0) is 4.79 Å². The van der Waals surface area contributed by atoms with Crippen molar-refractivity contribution in [2.45, 2.75) is 77.4 Å². The summed E-state index contributed by atoms with van der Waals surface area (Å²) in [5.41, 5.74) is 0. The summed E-state index contributed by atoms with van der Waals surface area (Å²) in [4.78, 5) is 12.3. The molecule has 0 saturated heterocycles. The highest BCUT2D eigenvalue weighted by Gasteiger charge is 2.35. The van der Waals surface area contributed by atoms with Crippen molar-refractivity contribution < 1.29 is 9.90 Å². The lowest BCUT2D eigenvalue weighted by Gasteiger charge is -2.39. The molecule has 2 aliphatic rings. The van der Waals surface area contributed by atoms with Crippen molar-refractivity contribution >= 4 is 5.91 Å². The molecule has 2 N–H and O–H groups in total. The van der Waals surface area contributed by atoms with E-state index in [1.807, 2.05) is 6.92 Å². The zero-order chi connectivity index (χ0) is 13.8. The van der Waals surface area contributed by atoms with Gasteiger partial charge in [-0.1, -0.05) is 25.7 Å². The number of carbonyl (C=O) groups excluding carboxylic acids is 1. The third-order valence-corrected chi connectivity index (χ3v) is 4.99. The average Bonchev–Trinajstić information content (AvgIpc) is 2.37. The second-order valence-corrected chi connectivity index (χ2v) is 6.81. The van der Waals surface area contributed by atoms with Gasteiger partial charge < -0.3 is 10.4 Å². The Labute approximate surface area is 117 Å². The monoisotopic (exact) mass is 267 g/mol. The lowest BCUT2D eigenvalue weighted by Crippen LogP contribution is -2.41. The average molecular weight is 267 g/mol. The van der Waals surface area contributed by atoms with Gasteiger partial charge in [0.2, 0.25) is 5.91 Å². The number of hydrogen-bond acceptors (Lipinski definition) is 2. The highest BCUT2D eigenvalue weighted by atomic mass is 16.3. The number of aliphatic hydroxyl groups is 1. The Morgan fingerprint density at radius 2 is 1.84 bits per heavy atom. The first kappa shape index (κ1) is 14.8. The van der Waals surface area contributed by atoms with Crippen LogP contribution in [0.5, 0.6) is 0 Å². The van der Waals surface area contributed by atoms with E-state index in [0.29, 0.717) is 6.42 Å². The standard InChI is InChI=1S/C16H29NO2/c1-11(9-12(2)18)17-16(19)15-8-7-13-5-3-4-6-14(13)10-15/h11-15,18H,3-10H2,1-2H3,(H,17,19). The summed E-state index contributed by atoms with van der Waals surface area (Å²) in [6, 6.07) is 0.0802. The molecular formula is C16H29NO2. The number of nitrogens with one attached hydrogen (secondary N) is 1. The largest absolute Gasteiger partial charge is 0.393 e. The van der Waals surface area contributed by atoms with Gasteiger partial charge in [0.15, 0.2) is 0 Å².